The largest absolute Gasteiger partial charge is 0.310 e. The molecule has 1 heteroatoms. The average Bonchev–Trinajstić information content (AvgIpc) is 3.28. The number of benzene rings is 6. The SMILES string of the molecule is C1=CCCC(c2ccc(N(c3ccc(-c4ccccc4)cc3)c3ccc(C4C=CC(C5C=CC(c6ccccc6)=CC5)=CC4)c(-c4ccccc4)c3)cc2)=C1. The highest BCUT2D eigenvalue weighted by Gasteiger charge is 2.22. The molecule has 0 fully saturated rings. The van der Waals surface area contributed by atoms with Gasteiger partial charge in [-0.2, -0.15) is 0 Å². The summed E-state index contributed by atoms with van der Waals surface area (Å²) in [4.78, 5) is 2.41. The summed E-state index contributed by atoms with van der Waals surface area (Å²) in [6, 6.07) is 57.5. The molecule has 6 aromatic carbocycles. The monoisotopic (exact) mass is 707 g/mol. The Hall–Kier alpha value is -6.44. The van der Waals surface area contributed by atoms with E-state index < -0.39 is 0 Å². The Kier molecular flexibility index (Phi) is 9.92. The first-order valence-electron chi connectivity index (χ1n) is 19.7. The molecule has 0 N–H and O–H groups in total. The van der Waals surface area contributed by atoms with Crippen LogP contribution in [0.3, 0.4) is 0 Å². The molecule has 9 rings (SSSR count). The number of rotatable bonds is 9. The van der Waals surface area contributed by atoms with E-state index in [0.717, 1.165) is 42.7 Å². The van der Waals surface area contributed by atoms with Crippen LogP contribution in [-0.4, -0.2) is 0 Å². The highest BCUT2D eigenvalue weighted by Crippen LogP contribution is 2.43. The van der Waals surface area contributed by atoms with E-state index in [1.165, 1.54) is 55.7 Å². The van der Waals surface area contributed by atoms with Crippen molar-refractivity contribution < 1.29 is 0 Å². The molecule has 0 spiro atoms. The van der Waals surface area contributed by atoms with E-state index in [2.05, 4.69) is 217 Å². The van der Waals surface area contributed by atoms with Crippen LogP contribution in [0.15, 0.2) is 218 Å². The van der Waals surface area contributed by atoms with E-state index in [1.54, 1.807) is 0 Å². The molecule has 0 saturated heterocycles. The lowest BCUT2D eigenvalue weighted by atomic mass is 9.81. The third kappa shape index (κ3) is 7.52. The van der Waals surface area contributed by atoms with Gasteiger partial charge in [0.1, 0.15) is 0 Å². The van der Waals surface area contributed by atoms with Crippen LogP contribution in [0.2, 0.25) is 0 Å². The Morgan fingerprint density at radius 2 is 1.05 bits per heavy atom. The molecule has 3 aliphatic carbocycles. The molecule has 6 aromatic rings. The molecular formula is C54H45N. The molecule has 0 radical (unpaired) electrons. The first kappa shape index (κ1) is 34.3. The van der Waals surface area contributed by atoms with Crippen molar-refractivity contribution in [2.45, 2.75) is 31.6 Å². The van der Waals surface area contributed by atoms with Gasteiger partial charge in [0.25, 0.3) is 0 Å². The van der Waals surface area contributed by atoms with Gasteiger partial charge in [0.05, 0.1) is 0 Å². The standard InChI is InChI=1S/C54H45N/c1-5-13-40(14-6-1)43-21-23-44(24-22-43)45-25-27-49(28-26-45)53-38-37-52(39-54(53)48-19-11-4-12-20-48)55(50-33-29-46(30-34-50)41-15-7-2-8-16-41)51-35-31-47(32-36-51)42-17-9-3-10-18-42/h1-9,11-17,19-23,25-27,29-39,44,49H,10,18,24,28H2. The van der Waals surface area contributed by atoms with E-state index in [1.807, 2.05) is 0 Å². The van der Waals surface area contributed by atoms with Gasteiger partial charge < -0.3 is 4.90 Å². The minimum Gasteiger partial charge on any atom is -0.310 e. The Labute approximate surface area is 326 Å². The van der Waals surface area contributed by atoms with Crippen LogP contribution in [0.25, 0.3) is 33.4 Å². The topological polar surface area (TPSA) is 3.24 Å². The van der Waals surface area contributed by atoms with Crippen molar-refractivity contribution in [1.29, 1.82) is 0 Å². The zero-order chi connectivity index (χ0) is 36.8. The number of hydrogen-bond donors (Lipinski definition) is 0. The summed E-state index contributed by atoms with van der Waals surface area (Å²) in [6.07, 6.45) is 25.3. The van der Waals surface area contributed by atoms with Crippen LogP contribution in [0, 0.1) is 5.92 Å². The normalized spacial score (nSPS) is 17.6. The fourth-order valence-corrected chi connectivity index (χ4v) is 8.28. The van der Waals surface area contributed by atoms with Gasteiger partial charge in [-0.15, -0.1) is 0 Å². The van der Waals surface area contributed by atoms with Crippen LogP contribution in [0.4, 0.5) is 17.1 Å². The Balaban J connectivity index is 1.05. The fourth-order valence-electron chi connectivity index (χ4n) is 8.28. The van der Waals surface area contributed by atoms with Crippen molar-refractivity contribution in [1.82, 2.24) is 0 Å². The molecule has 2 atom stereocenters. The van der Waals surface area contributed by atoms with Gasteiger partial charge in [0.15, 0.2) is 0 Å². The summed E-state index contributed by atoms with van der Waals surface area (Å²) in [5.74, 6) is 0.714. The first-order chi connectivity index (χ1) is 27.3. The highest BCUT2D eigenvalue weighted by atomic mass is 15.1. The zero-order valence-electron chi connectivity index (χ0n) is 31.1. The van der Waals surface area contributed by atoms with Gasteiger partial charge >= 0.3 is 0 Å². The molecule has 0 saturated carbocycles. The third-order valence-corrected chi connectivity index (χ3v) is 11.3. The number of anilines is 3. The summed E-state index contributed by atoms with van der Waals surface area (Å²) in [5, 5.41) is 0. The van der Waals surface area contributed by atoms with E-state index in [9.17, 15) is 0 Å². The summed E-state index contributed by atoms with van der Waals surface area (Å²) in [7, 11) is 0. The second-order valence-corrected chi connectivity index (χ2v) is 14.7. The molecule has 1 nitrogen and oxygen atoms in total. The Morgan fingerprint density at radius 1 is 0.473 bits per heavy atom. The third-order valence-electron chi connectivity index (χ3n) is 11.3. The minimum atomic E-state index is 0.298. The quantitative estimate of drug-likeness (QED) is 0.145. The van der Waals surface area contributed by atoms with Crippen molar-refractivity contribution in [2.75, 3.05) is 4.90 Å². The highest BCUT2D eigenvalue weighted by molar-refractivity contribution is 5.83. The molecule has 0 bridgehead atoms. The van der Waals surface area contributed by atoms with Gasteiger partial charge in [-0.05, 0) is 118 Å². The Morgan fingerprint density at radius 3 is 1.65 bits per heavy atom. The molecule has 266 valence electrons. The maximum atomic E-state index is 2.48. The van der Waals surface area contributed by atoms with Crippen molar-refractivity contribution in [3.8, 4) is 22.3 Å². The van der Waals surface area contributed by atoms with Crippen LogP contribution < -0.4 is 4.90 Å². The van der Waals surface area contributed by atoms with Gasteiger partial charge in [-0.1, -0.05) is 176 Å². The van der Waals surface area contributed by atoms with E-state index >= 15 is 0 Å². The van der Waals surface area contributed by atoms with Gasteiger partial charge in [-0.25, -0.2) is 0 Å². The fraction of sp³-hybridized carbons (Fsp3) is 0.111. The number of hydrogen-bond acceptors (Lipinski definition) is 1. The second-order valence-electron chi connectivity index (χ2n) is 14.7. The predicted molar refractivity (Wildman–Crippen MR) is 235 cm³/mol. The number of nitrogens with zero attached hydrogens (tertiary/aromatic N) is 1. The molecule has 0 aliphatic heterocycles. The maximum Gasteiger partial charge on any atom is 0.0467 e. The summed E-state index contributed by atoms with van der Waals surface area (Å²) in [6.45, 7) is 0. The molecule has 2 unspecified atom stereocenters. The van der Waals surface area contributed by atoms with E-state index in [-0.39, 0.29) is 0 Å². The van der Waals surface area contributed by atoms with Gasteiger partial charge in [-0.3, -0.25) is 0 Å². The van der Waals surface area contributed by atoms with Crippen molar-refractivity contribution in [3.05, 3.63) is 235 Å². The maximum absolute atomic E-state index is 2.48. The Bertz CT molecular complexity index is 2440. The number of allylic oxidation sites excluding steroid dienone is 12. The molecule has 0 aromatic heterocycles. The van der Waals surface area contributed by atoms with Crippen molar-refractivity contribution in [3.63, 3.8) is 0 Å². The minimum absolute atomic E-state index is 0.298. The van der Waals surface area contributed by atoms with E-state index in [0.29, 0.717) is 11.8 Å². The molecule has 55 heavy (non-hydrogen) atoms. The summed E-state index contributed by atoms with van der Waals surface area (Å²) in [5.41, 5.74) is 16.5. The van der Waals surface area contributed by atoms with Crippen LogP contribution >= 0.6 is 0 Å². The summed E-state index contributed by atoms with van der Waals surface area (Å²) < 4.78 is 0. The first-order valence-corrected chi connectivity index (χ1v) is 19.7. The molecule has 0 amide bonds. The lowest BCUT2D eigenvalue weighted by Crippen LogP contribution is -2.11. The van der Waals surface area contributed by atoms with Crippen LogP contribution in [0.1, 0.15) is 48.3 Å². The van der Waals surface area contributed by atoms with Crippen molar-refractivity contribution >= 4 is 28.2 Å². The second kappa shape index (κ2) is 15.9. The van der Waals surface area contributed by atoms with E-state index in [4.69, 9.17) is 0 Å². The molecule has 3 aliphatic rings. The lowest BCUT2D eigenvalue weighted by molar-refractivity contribution is 0.753. The van der Waals surface area contributed by atoms with Gasteiger partial charge in [0.2, 0.25) is 0 Å². The zero-order valence-corrected chi connectivity index (χ0v) is 31.1. The van der Waals surface area contributed by atoms with Crippen LogP contribution in [0.5, 0.6) is 0 Å². The molecule has 0 heterocycles. The van der Waals surface area contributed by atoms with Crippen LogP contribution in [-0.2, 0) is 0 Å². The van der Waals surface area contributed by atoms with Crippen molar-refractivity contribution in [2.24, 2.45) is 5.92 Å². The predicted octanol–water partition coefficient (Wildman–Crippen LogP) is 14.9. The van der Waals surface area contributed by atoms with Gasteiger partial charge in [0, 0.05) is 28.9 Å². The summed E-state index contributed by atoms with van der Waals surface area (Å²) >= 11 is 0. The molecular weight excluding hydrogens is 663 g/mol. The average molecular weight is 708 g/mol. The lowest BCUT2D eigenvalue weighted by Gasteiger charge is -2.28. The smallest absolute Gasteiger partial charge is 0.0467 e.